The van der Waals surface area contributed by atoms with E-state index in [0.717, 1.165) is 30.8 Å². The number of rotatable bonds is 9. The number of nitrogens with zero attached hydrogens (tertiary/aromatic N) is 5. The van der Waals surface area contributed by atoms with Crippen molar-refractivity contribution in [3.8, 4) is 5.69 Å². The smallest absolute Gasteiger partial charge is 0.317 e. The van der Waals surface area contributed by atoms with Crippen molar-refractivity contribution < 1.29 is 4.79 Å². The molecule has 1 N–H and O–H groups in total. The van der Waals surface area contributed by atoms with Crippen molar-refractivity contribution >= 4 is 11.7 Å². The molecule has 7 heteroatoms. The van der Waals surface area contributed by atoms with Gasteiger partial charge in [0.1, 0.15) is 12.7 Å². The van der Waals surface area contributed by atoms with Crippen LogP contribution in [0.15, 0.2) is 67.3 Å². The van der Waals surface area contributed by atoms with Gasteiger partial charge < -0.3 is 15.1 Å². The highest BCUT2D eigenvalue weighted by Crippen LogP contribution is 2.20. The Bertz CT molecular complexity index is 895. The van der Waals surface area contributed by atoms with Crippen molar-refractivity contribution in [3.63, 3.8) is 0 Å². The molecule has 158 valence electrons. The molecule has 0 saturated carbocycles. The lowest BCUT2D eigenvalue weighted by atomic mass is 10.1. The molecule has 0 radical (unpaired) electrons. The Morgan fingerprint density at radius 1 is 1.13 bits per heavy atom. The van der Waals surface area contributed by atoms with Crippen molar-refractivity contribution in [2.24, 2.45) is 0 Å². The second-order valence-electron chi connectivity index (χ2n) is 7.22. The molecule has 0 bridgehead atoms. The van der Waals surface area contributed by atoms with E-state index in [1.54, 1.807) is 15.9 Å². The second kappa shape index (κ2) is 10.4. The number of hydrogen-bond donors (Lipinski definition) is 1. The Morgan fingerprint density at radius 3 is 2.50 bits per heavy atom. The van der Waals surface area contributed by atoms with Crippen LogP contribution in [0.3, 0.4) is 0 Å². The molecule has 0 fully saturated rings. The van der Waals surface area contributed by atoms with Gasteiger partial charge in [-0.05, 0) is 50.1 Å². The third kappa shape index (κ3) is 5.37. The van der Waals surface area contributed by atoms with Crippen molar-refractivity contribution in [2.45, 2.75) is 26.3 Å². The molecular weight excluding hydrogens is 376 g/mol. The summed E-state index contributed by atoms with van der Waals surface area (Å²) < 4.78 is 1.71. The SMILES string of the molecule is CCN(CCCNC(=O)N(C)[C@H](C)c1ccc(-n2cncn2)cc1)c1ccccc1. The van der Waals surface area contributed by atoms with Crippen molar-refractivity contribution in [1.29, 1.82) is 0 Å². The first-order valence-electron chi connectivity index (χ1n) is 10.4. The van der Waals surface area contributed by atoms with E-state index in [1.165, 1.54) is 12.0 Å². The lowest BCUT2D eigenvalue weighted by Gasteiger charge is -2.26. The van der Waals surface area contributed by atoms with Gasteiger partial charge in [0.15, 0.2) is 0 Å². The molecule has 3 aromatic rings. The van der Waals surface area contributed by atoms with Crippen molar-refractivity contribution in [2.75, 3.05) is 31.6 Å². The van der Waals surface area contributed by atoms with Gasteiger partial charge in [0.25, 0.3) is 0 Å². The average Bonchev–Trinajstić information content (AvgIpc) is 3.33. The van der Waals surface area contributed by atoms with Gasteiger partial charge in [0, 0.05) is 32.4 Å². The number of para-hydroxylation sites is 1. The molecule has 1 atom stereocenters. The summed E-state index contributed by atoms with van der Waals surface area (Å²) in [6, 6.07) is 18.3. The minimum absolute atomic E-state index is 0.0359. The van der Waals surface area contributed by atoms with Crippen LogP contribution >= 0.6 is 0 Å². The molecule has 0 unspecified atom stereocenters. The van der Waals surface area contributed by atoms with Crippen LogP contribution in [0.1, 0.15) is 31.9 Å². The topological polar surface area (TPSA) is 66.3 Å². The van der Waals surface area contributed by atoms with Crippen LogP contribution in [0.5, 0.6) is 0 Å². The molecule has 2 amide bonds. The van der Waals surface area contributed by atoms with E-state index in [0.29, 0.717) is 6.54 Å². The summed E-state index contributed by atoms with van der Waals surface area (Å²) in [5.41, 5.74) is 3.22. The normalized spacial score (nSPS) is 11.7. The minimum Gasteiger partial charge on any atom is -0.372 e. The molecule has 2 aromatic carbocycles. The number of urea groups is 1. The molecule has 0 saturated heterocycles. The number of nitrogens with one attached hydrogen (secondary N) is 1. The predicted octanol–water partition coefficient (Wildman–Crippen LogP) is 3.89. The fourth-order valence-electron chi connectivity index (χ4n) is 3.35. The summed E-state index contributed by atoms with van der Waals surface area (Å²) in [6.45, 7) is 6.67. The zero-order chi connectivity index (χ0) is 21.3. The fourth-order valence-corrected chi connectivity index (χ4v) is 3.35. The van der Waals surface area contributed by atoms with Crippen LogP contribution in [-0.4, -0.2) is 52.4 Å². The van der Waals surface area contributed by atoms with Crippen LogP contribution in [-0.2, 0) is 0 Å². The zero-order valence-electron chi connectivity index (χ0n) is 17.9. The Morgan fingerprint density at radius 2 is 1.87 bits per heavy atom. The standard InChI is InChI=1S/C23H30N6O/c1-4-28(21-9-6-5-7-10-21)16-8-15-25-23(30)27(3)19(2)20-11-13-22(14-12-20)29-18-24-17-26-29/h5-7,9-14,17-19H,4,8,15-16H2,1-3H3,(H,25,30)/t19-/m1/s1. The highest BCUT2D eigenvalue weighted by molar-refractivity contribution is 5.74. The van der Waals surface area contributed by atoms with E-state index in [9.17, 15) is 4.79 Å². The van der Waals surface area contributed by atoms with Crippen LogP contribution < -0.4 is 10.2 Å². The Hall–Kier alpha value is -3.35. The van der Waals surface area contributed by atoms with Crippen LogP contribution in [0, 0.1) is 0 Å². The van der Waals surface area contributed by atoms with E-state index >= 15 is 0 Å². The van der Waals surface area contributed by atoms with E-state index in [2.05, 4.69) is 51.5 Å². The molecule has 1 aromatic heterocycles. The van der Waals surface area contributed by atoms with Gasteiger partial charge in [-0.3, -0.25) is 0 Å². The number of anilines is 1. The van der Waals surface area contributed by atoms with E-state index in [1.807, 2.05) is 44.3 Å². The molecule has 0 aliphatic heterocycles. The monoisotopic (exact) mass is 406 g/mol. The summed E-state index contributed by atoms with van der Waals surface area (Å²) in [7, 11) is 1.83. The number of aromatic nitrogens is 3. The third-order valence-corrected chi connectivity index (χ3v) is 5.34. The zero-order valence-corrected chi connectivity index (χ0v) is 17.9. The Labute approximate surface area is 178 Å². The summed E-state index contributed by atoms with van der Waals surface area (Å²) in [5.74, 6) is 0. The first-order chi connectivity index (χ1) is 14.6. The van der Waals surface area contributed by atoms with E-state index in [-0.39, 0.29) is 12.1 Å². The van der Waals surface area contributed by atoms with Crippen molar-refractivity contribution in [1.82, 2.24) is 25.0 Å². The largest absolute Gasteiger partial charge is 0.372 e. The maximum atomic E-state index is 12.6. The first-order valence-corrected chi connectivity index (χ1v) is 10.4. The highest BCUT2D eigenvalue weighted by Gasteiger charge is 2.17. The van der Waals surface area contributed by atoms with Gasteiger partial charge in [0.2, 0.25) is 0 Å². The van der Waals surface area contributed by atoms with E-state index in [4.69, 9.17) is 0 Å². The molecule has 3 rings (SSSR count). The summed E-state index contributed by atoms with van der Waals surface area (Å²) >= 11 is 0. The van der Waals surface area contributed by atoms with Gasteiger partial charge in [-0.25, -0.2) is 14.5 Å². The molecule has 0 aliphatic rings. The average molecular weight is 407 g/mol. The number of carbonyl (C=O) groups excluding carboxylic acids is 1. The van der Waals surface area contributed by atoms with Crippen LogP contribution in [0.25, 0.3) is 5.69 Å². The number of hydrogen-bond acceptors (Lipinski definition) is 4. The molecule has 0 aliphatic carbocycles. The number of carbonyl (C=O) groups is 1. The maximum Gasteiger partial charge on any atom is 0.317 e. The quantitative estimate of drug-likeness (QED) is 0.548. The fraction of sp³-hybridized carbons (Fsp3) is 0.348. The Kier molecular flexibility index (Phi) is 7.43. The van der Waals surface area contributed by atoms with Crippen LogP contribution in [0.2, 0.25) is 0 Å². The predicted molar refractivity (Wildman–Crippen MR) is 120 cm³/mol. The first kappa shape index (κ1) is 21.4. The van der Waals surface area contributed by atoms with Crippen molar-refractivity contribution in [3.05, 3.63) is 72.8 Å². The van der Waals surface area contributed by atoms with Gasteiger partial charge in [-0.1, -0.05) is 30.3 Å². The summed E-state index contributed by atoms with van der Waals surface area (Å²) in [5, 5.41) is 7.17. The summed E-state index contributed by atoms with van der Waals surface area (Å²) in [6.07, 6.45) is 4.06. The van der Waals surface area contributed by atoms with Crippen LogP contribution in [0.4, 0.5) is 10.5 Å². The molecule has 0 spiro atoms. The molecule has 30 heavy (non-hydrogen) atoms. The maximum absolute atomic E-state index is 12.6. The highest BCUT2D eigenvalue weighted by atomic mass is 16.2. The number of amides is 2. The van der Waals surface area contributed by atoms with Gasteiger partial charge in [0.05, 0.1) is 11.7 Å². The van der Waals surface area contributed by atoms with Gasteiger partial charge >= 0.3 is 6.03 Å². The summed E-state index contributed by atoms with van der Waals surface area (Å²) in [4.78, 5) is 20.6. The molecular formula is C23H30N6O. The molecule has 1 heterocycles. The van der Waals surface area contributed by atoms with Gasteiger partial charge in [-0.15, -0.1) is 0 Å². The molecule has 7 nitrogen and oxygen atoms in total. The minimum atomic E-state index is -0.0642. The Balaban J connectivity index is 1.46. The lowest BCUT2D eigenvalue weighted by molar-refractivity contribution is 0.194. The van der Waals surface area contributed by atoms with Gasteiger partial charge in [-0.2, -0.15) is 5.10 Å². The second-order valence-corrected chi connectivity index (χ2v) is 7.22. The van der Waals surface area contributed by atoms with E-state index < -0.39 is 0 Å². The lowest BCUT2D eigenvalue weighted by Crippen LogP contribution is -2.40. The number of benzene rings is 2. The third-order valence-electron chi connectivity index (χ3n) is 5.34.